The highest BCUT2D eigenvalue weighted by atomic mass is 16.5. The SMILES string of the molecule is CCNC(=O)C1CC2CCCCC2N1C(=O)C(C)NC(=O)[C@H](CC/C=C/C(=O)OC(C)C)CC(=O)[C@H](Cc1ccccc1)NC(=O)OCc1ccccc1. The number of ketones is 1. The van der Waals surface area contributed by atoms with Gasteiger partial charge in [0.25, 0.3) is 0 Å². The lowest BCUT2D eigenvalue weighted by atomic mass is 9.84. The summed E-state index contributed by atoms with van der Waals surface area (Å²) in [5.74, 6) is -2.62. The quantitative estimate of drug-likeness (QED) is 0.139. The van der Waals surface area contributed by atoms with Gasteiger partial charge in [-0.1, -0.05) is 79.6 Å². The summed E-state index contributed by atoms with van der Waals surface area (Å²) in [5.41, 5.74) is 1.59. The molecule has 1 heterocycles. The second-order valence-corrected chi connectivity index (χ2v) is 14.5. The summed E-state index contributed by atoms with van der Waals surface area (Å²) in [4.78, 5) is 82.0. The molecule has 2 aliphatic rings. The molecule has 0 radical (unpaired) electrons. The predicted octanol–water partition coefficient (Wildman–Crippen LogP) is 5.19. The summed E-state index contributed by atoms with van der Waals surface area (Å²) in [6, 6.07) is 15.7. The third-order valence-corrected chi connectivity index (χ3v) is 10.0. The molecule has 54 heavy (non-hydrogen) atoms. The summed E-state index contributed by atoms with van der Waals surface area (Å²) >= 11 is 0. The van der Waals surface area contributed by atoms with Crippen LogP contribution in [-0.4, -0.2) is 77.3 Å². The minimum atomic E-state index is -1.01. The van der Waals surface area contributed by atoms with Crippen molar-refractivity contribution in [2.45, 2.75) is 122 Å². The lowest BCUT2D eigenvalue weighted by molar-refractivity contribution is -0.144. The molecule has 0 bridgehead atoms. The number of likely N-dealkylation sites (N-methyl/N-ethyl adjacent to an activating group) is 1. The van der Waals surface area contributed by atoms with Gasteiger partial charge in [-0.05, 0) is 83.3 Å². The molecule has 1 aliphatic carbocycles. The molecule has 2 fully saturated rings. The van der Waals surface area contributed by atoms with Crippen LogP contribution in [0.3, 0.4) is 0 Å². The fraction of sp³-hybridized carbons (Fsp3) is 0.524. The minimum Gasteiger partial charge on any atom is -0.460 e. The number of esters is 1. The number of rotatable bonds is 18. The summed E-state index contributed by atoms with van der Waals surface area (Å²) in [7, 11) is 0. The first-order chi connectivity index (χ1) is 26.0. The van der Waals surface area contributed by atoms with Gasteiger partial charge in [0.15, 0.2) is 5.78 Å². The Labute approximate surface area is 318 Å². The van der Waals surface area contributed by atoms with Crippen molar-refractivity contribution in [1.29, 1.82) is 0 Å². The number of amides is 4. The van der Waals surface area contributed by atoms with Gasteiger partial charge < -0.3 is 30.3 Å². The maximum absolute atomic E-state index is 14.1. The molecule has 12 heteroatoms. The van der Waals surface area contributed by atoms with Gasteiger partial charge in [-0.25, -0.2) is 9.59 Å². The lowest BCUT2D eigenvalue weighted by Crippen LogP contribution is -2.56. The van der Waals surface area contributed by atoms with Crippen LogP contribution in [0.1, 0.15) is 90.2 Å². The van der Waals surface area contributed by atoms with Crippen LogP contribution < -0.4 is 16.0 Å². The molecule has 6 atom stereocenters. The van der Waals surface area contributed by atoms with Crippen molar-refractivity contribution in [2.75, 3.05) is 6.54 Å². The minimum absolute atomic E-state index is 0.0149. The van der Waals surface area contributed by atoms with E-state index in [2.05, 4.69) is 16.0 Å². The Balaban J connectivity index is 1.50. The fourth-order valence-electron chi connectivity index (χ4n) is 7.38. The second kappa shape index (κ2) is 21.0. The molecule has 1 saturated carbocycles. The Bertz CT molecular complexity index is 1600. The Morgan fingerprint density at radius 1 is 0.889 bits per heavy atom. The van der Waals surface area contributed by atoms with Crippen LogP contribution in [0, 0.1) is 11.8 Å². The molecular weight excluding hydrogens is 688 g/mol. The van der Waals surface area contributed by atoms with E-state index in [1.807, 2.05) is 67.6 Å². The highest BCUT2D eigenvalue weighted by molar-refractivity contribution is 5.95. The molecule has 12 nitrogen and oxygen atoms in total. The summed E-state index contributed by atoms with van der Waals surface area (Å²) in [5, 5.41) is 8.43. The van der Waals surface area contributed by atoms with E-state index in [0.717, 1.165) is 36.8 Å². The van der Waals surface area contributed by atoms with E-state index < -0.39 is 47.8 Å². The molecule has 0 spiro atoms. The van der Waals surface area contributed by atoms with E-state index in [-0.39, 0.29) is 62.2 Å². The number of nitrogens with zero attached hydrogens (tertiary/aromatic N) is 1. The molecule has 0 aromatic heterocycles. The standard InChI is InChI=1S/C42H56N4O8/c1-5-43-40(50)36-25-32-20-12-14-22-35(32)46(36)41(51)29(4)44-39(49)33(21-13-15-23-38(48)54-28(2)3)26-37(47)34(24-30-16-8-6-9-17-30)45-42(52)53-27-31-18-10-7-11-19-31/h6-11,15-19,23,28-29,32-36H,5,12-14,20-22,24-27H2,1-4H3,(H,43,50)(H,44,49)(H,45,52)/b23-15+/t29?,32?,33-,34+,35?,36?/m1/s1. The molecule has 4 rings (SSSR count). The molecule has 292 valence electrons. The Hall–Kier alpha value is -5.00. The molecule has 2 aromatic rings. The average Bonchev–Trinajstić information content (AvgIpc) is 3.55. The third kappa shape index (κ3) is 12.6. The number of ether oxygens (including phenoxy) is 2. The van der Waals surface area contributed by atoms with Gasteiger partial charge in [-0.15, -0.1) is 0 Å². The van der Waals surface area contributed by atoms with Crippen molar-refractivity contribution in [1.82, 2.24) is 20.9 Å². The van der Waals surface area contributed by atoms with E-state index in [0.29, 0.717) is 13.0 Å². The van der Waals surface area contributed by atoms with Crippen molar-refractivity contribution in [3.05, 3.63) is 83.9 Å². The van der Waals surface area contributed by atoms with Gasteiger partial charge in [-0.3, -0.25) is 19.2 Å². The number of carbonyl (C=O) groups is 6. The van der Waals surface area contributed by atoms with Crippen LogP contribution in [0.2, 0.25) is 0 Å². The number of fused-ring (bicyclic) bond motifs is 1. The van der Waals surface area contributed by atoms with Crippen LogP contribution in [0.15, 0.2) is 72.8 Å². The van der Waals surface area contributed by atoms with Crippen molar-refractivity contribution in [2.24, 2.45) is 11.8 Å². The number of carbonyl (C=O) groups excluding carboxylic acids is 6. The number of hydrogen-bond acceptors (Lipinski definition) is 8. The highest BCUT2D eigenvalue weighted by Crippen LogP contribution is 2.40. The smallest absolute Gasteiger partial charge is 0.408 e. The van der Waals surface area contributed by atoms with Gasteiger partial charge in [0.2, 0.25) is 17.7 Å². The van der Waals surface area contributed by atoms with Crippen LogP contribution in [-0.2, 0) is 46.5 Å². The van der Waals surface area contributed by atoms with Gasteiger partial charge in [0.05, 0.1) is 12.1 Å². The van der Waals surface area contributed by atoms with Gasteiger partial charge >= 0.3 is 12.1 Å². The number of alkyl carbamates (subject to hydrolysis) is 1. The van der Waals surface area contributed by atoms with E-state index in [1.165, 1.54) is 6.08 Å². The first kappa shape index (κ1) is 41.8. The first-order valence-corrected chi connectivity index (χ1v) is 19.3. The Morgan fingerprint density at radius 3 is 2.22 bits per heavy atom. The molecule has 1 aliphatic heterocycles. The van der Waals surface area contributed by atoms with Crippen LogP contribution in [0.25, 0.3) is 0 Å². The fourth-order valence-corrected chi connectivity index (χ4v) is 7.38. The number of hydrogen-bond donors (Lipinski definition) is 3. The Morgan fingerprint density at radius 2 is 1.56 bits per heavy atom. The van der Waals surface area contributed by atoms with Crippen molar-refractivity contribution in [3.8, 4) is 0 Å². The van der Waals surface area contributed by atoms with E-state index in [1.54, 1.807) is 31.7 Å². The molecule has 3 N–H and O–H groups in total. The zero-order valence-electron chi connectivity index (χ0n) is 32.0. The number of allylic oxidation sites excluding steroid dienone is 1. The largest absolute Gasteiger partial charge is 0.460 e. The zero-order valence-corrected chi connectivity index (χ0v) is 32.0. The topological polar surface area (TPSA) is 160 Å². The predicted molar refractivity (Wildman–Crippen MR) is 204 cm³/mol. The average molecular weight is 745 g/mol. The van der Waals surface area contributed by atoms with Crippen LogP contribution in [0.4, 0.5) is 4.79 Å². The van der Waals surface area contributed by atoms with Crippen molar-refractivity contribution < 1.29 is 38.2 Å². The molecule has 4 unspecified atom stereocenters. The Kier molecular flexibility index (Phi) is 16.3. The first-order valence-electron chi connectivity index (χ1n) is 19.3. The monoisotopic (exact) mass is 744 g/mol. The maximum atomic E-state index is 14.1. The zero-order chi connectivity index (χ0) is 39.0. The van der Waals surface area contributed by atoms with Gasteiger partial charge in [0.1, 0.15) is 18.7 Å². The van der Waals surface area contributed by atoms with Crippen molar-refractivity contribution >= 4 is 35.6 Å². The summed E-state index contributed by atoms with van der Waals surface area (Å²) in [6.07, 6.45) is 6.56. The van der Waals surface area contributed by atoms with Crippen LogP contribution >= 0.6 is 0 Å². The van der Waals surface area contributed by atoms with E-state index in [4.69, 9.17) is 9.47 Å². The number of Topliss-reactive ketones (excluding diaryl/α,β-unsaturated/α-hetero) is 1. The molecule has 1 saturated heterocycles. The molecule has 2 aromatic carbocycles. The van der Waals surface area contributed by atoms with Gasteiger partial charge in [0, 0.05) is 31.0 Å². The maximum Gasteiger partial charge on any atom is 0.408 e. The third-order valence-electron chi connectivity index (χ3n) is 10.0. The number of nitrogens with one attached hydrogen (secondary N) is 3. The van der Waals surface area contributed by atoms with Gasteiger partial charge in [-0.2, -0.15) is 0 Å². The summed E-state index contributed by atoms with van der Waals surface area (Å²) in [6.45, 7) is 7.39. The van der Waals surface area contributed by atoms with E-state index >= 15 is 0 Å². The highest BCUT2D eigenvalue weighted by Gasteiger charge is 2.48. The number of benzene rings is 2. The van der Waals surface area contributed by atoms with E-state index in [9.17, 15) is 28.8 Å². The second-order valence-electron chi connectivity index (χ2n) is 14.5. The molecule has 4 amide bonds. The lowest BCUT2D eigenvalue weighted by Gasteiger charge is -2.35. The normalized spacial score (nSPS) is 19.6. The van der Waals surface area contributed by atoms with Crippen molar-refractivity contribution in [3.63, 3.8) is 0 Å². The number of likely N-dealkylation sites (tertiary alicyclic amines) is 1. The summed E-state index contributed by atoms with van der Waals surface area (Å²) < 4.78 is 10.6. The van der Waals surface area contributed by atoms with Crippen LogP contribution in [0.5, 0.6) is 0 Å². The molecular formula is C42H56N4O8.